The molecular formula is C16H12ClN5OS. The van der Waals surface area contributed by atoms with Crippen LogP contribution < -0.4 is 11.1 Å². The lowest BCUT2D eigenvalue weighted by atomic mass is 10.2. The summed E-state index contributed by atoms with van der Waals surface area (Å²) in [5.74, 6) is -0.239. The van der Waals surface area contributed by atoms with Crippen LogP contribution in [0.4, 0.5) is 11.5 Å². The minimum absolute atomic E-state index is 0.0291. The lowest BCUT2D eigenvalue weighted by Crippen LogP contribution is -2.22. The van der Waals surface area contributed by atoms with E-state index in [-0.39, 0.29) is 22.9 Å². The van der Waals surface area contributed by atoms with Crippen molar-refractivity contribution in [3.05, 3.63) is 46.5 Å². The van der Waals surface area contributed by atoms with Gasteiger partial charge in [-0.3, -0.25) is 4.79 Å². The van der Waals surface area contributed by atoms with Crippen LogP contribution in [0.3, 0.4) is 0 Å². The van der Waals surface area contributed by atoms with Crippen LogP contribution in [0, 0.1) is 22.7 Å². The molecule has 0 fully saturated rings. The molecule has 120 valence electrons. The first-order valence-corrected chi connectivity index (χ1v) is 8.04. The highest BCUT2D eigenvalue weighted by atomic mass is 35.5. The number of pyridine rings is 1. The summed E-state index contributed by atoms with van der Waals surface area (Å²) in [6.45, 7) is 1.68. The standard InChI is InChI=1S/C16H12ClN5OS/c1-9(15(23)21-13-4-2-3-12(17)6-13)24-16-11(8-19)5-10(7-18)14(20)22-16/h2-6,9H,1H3,(H2,20,22)(H,21,23)/t9-/m0/s1. The number of carbonyl (C=O) groups is 1. The maximum Gasteiger partial charge on any atom is 0.237 e. The fourth-order valence-electron chi connectivity index (χ4n) is 1.80. The zero-order valence-corrected chi connectivity index (χ0v) is 14.1. The van der Waals surface area contributed by atoms with Crippen molar-refractivity contribution in [3.8, 4) is 12.1 Å². The Bertz CT molecular complexity index is 872. The van der Waals surface area contributed by atoms with E-state index in [9.17, 15) is 10.1 Å². The quantitative estimate of drug-likeness (QED) is 0.812. The van der Waals surface area contributed by atoms with E-state index in [0.717, 1.165) is 11.8 Å². The average Bonchev–Trinajstić information content (AvgIpc) is 2.55. The number of nitrogens with one attached hydrogen (secondary N) is 1. The van der Waals surface area contributed by atoms with E-state index in [1.165, 1.54) is 6.07 Å². The van der Waals surface area contributed by atoms with Crippen molar-refractivity contribution in [2.45, 2.75) is 17.2 Å². The maximum atomic E-state index is 12.3. The molecule has 0 aliphatic heterocycles. The minimum Gasteiger partial charge on any atom is -0.383 e. The summed E-state index contributed by atoms with van der Waals surface area (Å²) in [4.78, 5) is 16.3. The molecule has 0 saturated carbocycles. The zero-order chi connectivity index (χ0) is 17.7. The number of amides is 1. The molecule has 3 N–H and O–H groups in total. The third kappa shape index (κ3) is 4.17. The van der Waals surface area contributed by atoms with E-state index in [1.807, 2.05) is 12.1 Å². The summed E-state index contributed by atoms with van der Waals surface area (Å²) in [6, 6.07) is 12.0. The first-order valence-electron chi connectivity index (χ1n) is 6.78. The Morgan fingerprint density at radius 3 is 2.67 bits per heavy atom. The minimum atomic E-state index is -0.532. The number of nitrogens with zero attached hydrogens (tertiary/aromatic N) is 3. The highest BCUT2D eigenvalue weighted by Crippen LogP contribution is 2.28. The molecule has 8 heteroatoms. The molecule has 1 aromatic carbocycles. The van der Waals surface area contributed by atoms with Crippen LogP contribution in [-0.4, -0.2) is 16.1 Å². The Morgan fingerprint density at radius 1 is 1.33 bits per heavy atom. The molecule has 6 nitrogen and oxygen atoms in total. The molecule has 24 heavy (non-hydrogen) atoms. The summed E-state index contributed by atoms with van der Waals surface area (Å²) in [6.07, 6.45) is 0. The van der Waals surface area contributed by atoms with Gasteiger partial charge < -0.3 is 11.1 Å². The van der Waals surface area contributed by atoms with E-state index in [4.69, 9.17) is 22.6 Å². The molecule has 0 aliphatic carbocycles. The molecule has 1 heterocycles. The second-order valence-electron chi connectivity index (χ2n) is 4.76. The molecule has 1 amide bonds. The van der Waals surface area contributed by atoms with Crippen molar-refractivity contribution in [1.29, 1.82) is 10.5 Å². The third-order valence-corrected chi connectivity index (χ3v) is 4.34. The largest absolute Gasteiger partial charge is 0.383 e. The van der Waals surface area contributed by atoms with Crippen LogP contribution in [0.25, 0.3) is 0 Å². The lowest BCUT2D eigenvalue weighted by molar-refractivity contribution is -0.115. The van der Waals surface area contributed by atoms with Gasteiger partial charge in [-0.15, -0.1) is 0 Å². The molecule has 1 aromatic heterocycles. The number of nitrogens with two attached hydrogens (primary N) is 1. The van der Waals surface area contributed by atoms with Gasteiger partial charge in [0.05, 0.1) is 16.4 Å². The number of carbonyl (C=O) groups excluding carboxylic acids is 1. The molecule has 0 bridgehead atoms. The number of hydrogen-bond acceptors (Lipinski definition) is 6. The highest BCUT2D eigenvalue weighted by Gasteiger charge is 2.19. The zero-order valence-electron chi connectivity index (χ0n) is 12.6. The van der Waals surface area contributed by atoms with Crippen molar-refractivity contribution in [3.63, 3.8) is 0 Å². The first-order chi connectivity index (χ1) is 11.4. The molecule has 1 atom stereocenters. The van der Waals surface area contributed by atoms with Gasteiger partial charge in [-0.1, -0.05) is 29.4 Å². The highest BCUT2D eigenvalue weighted by molar-refractivity contribution is 8.00. The smallest absolute Gasteiger partial charge is 0.237 e. The van der Waals surface area contributed by atoms with Gasteiger partial charge >= 0.3 is 0 Å². The van der Waals surface area contributed by atoms with Crippen molar-refractivity contribution < 1.29 is 4.79 Å². The normalized spacial score (nSPS) is 11.2. The van der Waals surface area contributed by atoms with Crippen molar-refractivity contribution in [2.75, 3.05) is 11.1 Å². The molecule has 2 aromatic rings. The maximum absolute atomic E-state index is 12.3. The molecule has 0 spiro atoms. The van der Waals surface area contributed by atoms with Crippen LogP contribution in [-0.2, 0) is 4.79 Å². The number of aromatic nitrogens is 1. The summed E-state index contributed by atoms with van der Waals surface area (Å²) in [5.41, 5.74) is 6.59. The van der Waals surface area contributed by atoms with Crippen LogP contribution in [0.5, 0.6) is 0 Å². The topological polar surface area (TPSA) is 116 Å². The fourth-order valence-corrected chi connectivity index (χ4v) is 2.87. The van der Waals surface area contributed by atoms with Gasteiger partial charge in [0.25, 0.3) is 0 Å². The summed E-state index contributed by atoms with van der Waals surface area (Å²) < 4.78 is 0. The van der Waals surface area contributed by atoms with Gasteiger partial charge in [0.15, 0.2) is 0 Å². The number of hydrogen-bond donors (Lipinski definition) is 2. The predicted octanol–water partition coefficient (Wildman–Crippen LogP) is 3.18. The van der Waals surface area contributed by atoms with Gasteiger partial charge in [0.2, 0.25) is 5.91 Å². The van der Waals surface area contributed by atoms with Gasteiger partial charge in [-0.2, -0.15) is 10.5 Å². The second-order valence-corrected chi connectivity index (χ2v) is 6.52. The first kappa shape index (κ1) is 17.6. The van der Waals surface area contributed by atoms with Crippen molar-refractivity contribution in [2.24, 2.45) is 0 Å². The molecule has 0 unspecified atom stereocenters. The SMILES string of the molecule is C[C@H](Sc1nc(N)c(C#N)cc1C#N)C(=O)Nc1cccc(Cl)c1. The van der Waals surface area contributed by atoms with E-state index >= 15 is 0 Å². The van der Waals surface area contributed by atoms with Gasteiger partial charge in [-0.25, -0.2) is 4.98 Å². The number of nitrogen functional groups attached to an aromatic ring is 1. The molecule has 2 rings (SSSR count). The number of halogens is 1. The van der Waals surface area contributed by atoms with Gasteiger partial charge in [0.1, 0.15) is 23.0 Å². The Hall–Kier alpha value is -2.74. The predicted molar refractivity (Wildman–Crippen MR) is 93.5 cm³/mol. The Labute approximate surface area is 148 Å². The van der Waals surface area contributed by atoms with Crippen molar-refractivity contribution in [1.82, 2.24) is 4.98 Å². The van der Waals surface area contributed by atoms with Crippen LogP contribution >= 0.6 is 23.4 Å². The number of anilines is 2. The van der Waals surface area contributed by atoms with E-state index in [0.29, 0.717) is 15.7 Å². The fraction of sp³-hybridized carbons (Fsp3) is 0.125. The molecular weight excluding hydrogens is 346 g/mol. The van der Waals surface area contributed by atoms with Crippen LogP contribution in [0.1, 0.15) is 18.1 Å². The Balaban J connectivity index is 2.16. The van der Waals surface area contributed by atoms with Crippen molar-refractivity contribution >= 4 is 40.8 Å². The number of thioether (sulfide) groups is 1. The summed E-state index contributed by atoms with van der Waals surface area (Å²) >= 11 is 6.97. The monoisotopic (exact) mass is 357 g/mol. The van der Waals surface area contributed by atoms with E-state index in [2.05, 4.69) is 10.3 Å². The van der Waals surface area contributed by atoms with E-state index in [1.54, 1.807) is 31.2 Å². The third-order valence-electron chi connectivity index (χ3n) is 3.01. The summed E-state index contributed by atoms with van der Waals surface area (Å²) in [5, 5.41) is 21.1. The number of benzene rings is 1. The molecule has 0 saturated heterocycles. The van der Waals surface area contributed by atoms with Crippen LogP contribution in [0.15, 0.2) is 35.4 Å². The van der Waals surface area contributed by atoms with E-state index < -0.39 is 5.25 Å². The van der Waals surface area contributed by atoms with Gasteiger partial charge in [0, 0.05) is 10.7 Å². The lowest BCUT2D eigenvalue weighted by Gasteiger charge is -2.13. The van der Waals surface area contributed by atoms with Gasteiger partial charge in [-0.05, 0) is 31.2 Å². The second kappa shape index (κ2) is 7.69. The Morgan fingerprint density at radius 2 is 2.04 bits per heavy atom. The summed E-state index contributed by atoms with van der Waals surface area (Å²) in [7, 11) is 0. The average molecular weight is 358 g/mol. The molecule has 0 aliphatic rings. The number of nitriles is 2. The van der Waals surface area contributed by atoms with Crippen LogP contribution in [0.2, 0.25) is 5.02 Å². The Kier molecular flexibility index (Phi) is 5.64. The molecule has 0 radical (unpaired) electrons. The number of rotatable bonds is 4.